The Morgan fingerprint density at radius 1 is 1.44 bits per heavy atom. The number of nitrogens with two attached hydrogens (primary N) is 1. The highest BCUT2D eigenvalue weighted by Gasteiger charge is 2.29. The maximum absolute atomic E-state index is 12.0. The molecule has 1 aliphatic rings. The molecule has 0 radical (unpaired) electrons. The van der Waals surface area contributed by atoms with Crippen LogP contribution in [0.1, 0.15) is 40.0 Å². The third-order valence-corrected chi connectivity index (χ3v) is 3.94. The van der Waals surface area contributed by atoms with Crippen LogP contribution in [0.3, 0.4) is 0 Å². The van der Waals surface area contributed by atoms with E-state index in [2.05, 4.69) is 19.2 Å². The van der Waals surface area contributed by atoms with Crippen LogP contribution < -0.4 is 11.1 Å². The van der Waals surface area contributed by atoms with Crippen LogP contribution in [0.4, 0.5) is 0 Å². The Hall–Kier alpha value is -0.320. The first-order valence-electron chi connectivity index (χ1n) is 6.56. The van der Waals surface area contributed by atoms with Crippen molar-refractivity contribution in [3.05, 3.63) is 0 Å². The molecule has 0 saturated carbocycles. The predicted octanol–water partition coefficient (Wildman–Crippen LogP) is 1.71. The Balaban J connectivity index is 0.00000289. The highest BCUT2D eigenvalue weighted by molar-refractivity contribution is 5.85. The minimum absolute atomic E-state index is 0. The lowest BCUT2D eigenvalue weighted by atomic mass is 9.87. The van der Waals surface area contributed by atoms with E-state index in [4.69, 9.17) is 10.5 Å². The normalized spacial score (nSPS) is 20.1. The third kappa shape index (κ3) is 5.12. The average molecular weight is 279 g/mol. The van der Waals surface area contributed by atoms with Crippen molar-refractivity contribution < 1.29 is 9.53 Å². The Labute approximate surface area is 116 Å². The minimum Gasteiger partial charge on any atom is -0.381 e. The zero-order valence-corrected chi connectivity index (χ0v) is 12.5. The van der Waals surface area contributed by atoms with E-state index in [1.165, 1.54) is 0 Å². The Kier molecular flexibility index (Phi) is 7.83. The van der Waals surface area contributed by atoms with Gasteiger partial charge >= 0.3 is 0 Å². The van der Waals surface area contributed by atoms with Gasteiger partial charge < -0.3 is 15.8 Å². The number of amides is 1. The van der Waals surface area contributed by atoms with Crippen LogP contribution in [-0.2, 0) is 9.53 Å². The van der Waals surface area contributed by atoms with Gasteiger partial charge in [-0.15, -0.1) is 12.4 Å². The Bertz CT molecular complexity index is 255. The molecule has 1 saturated heterocycles. The van der Waals surface area contributed by atoms with E-state index >= 15 is 0 Å². The van der Waals surface area contributed by atoms with Crippen LogP contribution in [0.15, 0.2) is 0 Å². The zero-order valence-electron chi connectivity index (χ0n) is 11.7. The van der Waals surface area contributed by atoms with Gasteiger partial charge in [0.05, 0.1) is 5.54 Å². The monoisotopic (exact) mass is 278 g/mol. The molecule has 0 aromatic carbocycles. The molecule has 108 valence electrons. The number of hydrogen-bond acceptors (Lipinski definition) is 3. The van der Waals surface area contributed by atoms with Crippen LogP contribution in [0.5, 0.6) is 0 Å². The molecule has 1 unspecified atom stereocenters. The second-order valence-electron chi connectivity index (χ2n) is 5.58. The molecule has 4 nitrogen and oxygen atoms in total. The molecule has 0 aliphatic carbocycles. The van der Waals surface area contributed by atoms with Crippen molar-refractivity contribution in [2.45, 2.75) is 45.6 Å². The number of carbonyl (C=O) groups excluding carboxylic acids is 1. The summed E-state index contributed by atoms with van der Waals surface area (Å²) >= 11 is 0. The largest absolute Gasteiger partial charge is 0.381 e. The lowest BCUT2D eigenvalue weighted by Gasteiger charge is -2.34. The molecule has 18 heavy (non-hydrogen) atoms. The maximum Gasteiger partial charge on any atom is 0.220 e. The molecule has 1 amide bonds. The Morgan fingerprint density at radius 2 is 2.00 bits per heavy atom. The van der Waals surface area contributed by atoms with Gasteiger partial charge in [-0.05, 0) is 31.6 Å². The summed E-state index contributed by atoms with van der Waals surface area (Å²) in [7, 11) is 0. The minimum atomic E-state index is -0.289. The summed E-state index contributed by atoms with van der Waals surface area (Å²) in [6, 6.07) is 0. The molecule has 0 aromatic heterocycles. The summed E-state index contributed by atoms with van der Waals surface area (Å²) in [4.78, 5) is 12.0. The van der Waals surface area contributed by atoms with Gasteiger partial charge in [0.25, 0.3) is 0 Å². The summed E-state index contributed by atoms with van der Waals surface area (Å²) in [5, 5.41) is 3.09. The molecule has 1 atom stereocenters. The van der Waals surface area contributed by atoms with Gasteiger partial charge in [-0.1, -0.05) is 13.8 Å². The quantitative estimate of drug-likeness (QED) is 0.805. The molecule has 1 fully saturated rings. The van der Waals surface area contributed by atoms with Crippen molar-refractivity contribution in [3.63, 3.8) is 0 Å². The van der Waals surface area contributed by atoms with Crippen LogP contribution in [0.25, 0.3) is 0 Å². The predicted molar refractivity (Wildman–Crippen MR) is 75.8 cm³/mol. The highest BCUT2D eigenvalue weighted by atomic mass is 35.5. The number of carbonyl (C=O) groups is 1. The smallest absolute Gasteiger partial charge is 0.220 e. The van der Waals surface area contributed by atoms with E-state index in [1.54, 1.807) is 0 Å². The maximum atomic E-state index is 12.0. The van der Waals surface area contributed by atoms with Crippen LogP contribution in [-0.4, -0.2) is 31.2 Å². The van der Waals surface area contributed by atoms with E-state index in [-0.39, 0.29) is 23.9 Å². The van der Waals surface area contributed by atoms with Crippen LogP contribution in [0.2, 0.25) is 0 Å². The van der Waals surface area contributed by atoms with E-state index in [9.17, 15) is 4.79 Å². The van der Waals surface area contributed by atoms with E-state index in [0.29, 0.717) is 24.8 Å². The molecule has 0 aromatic rings. The van der Waals surface area contributed by atoms with Gasteiger partial charge in [0, 0.05) is 26.2 Å². The molecular weight excluding hydrogens is 252 g/mol. The van der Waals surface area contributed by atoms with Gasteiger partial charge in [-0.25, -0.2) is 0 Å². The fraction of sp³-hybridized carbons (Fsp3) is 0.923. The first-order valence-corrected chi connectivity index (χ1v) is 6.56. The number of rotatable bonds is 5. The molecule has 1 rings (SSSR count). The fourth-order valence-corrected chi connectivity index (χ4v) is 2.01. The zero-order chi connectivity index (χ0) is 12.9. The fourth-order valence-electron chi connectivity index (χ4n) is 2.01. The summed E-state index contributed by atoms with van der Waals surface area (Å²) in [5.74, 6) is 0.933. The molecule has 1 aliphatic heterocycles. The first kappa shape index (κ1) is 17.7. The van der Waals surface area contributed by atoms with Crippen LogP contribution in [0, 0.1) is 11.8 Å². The number of halogens is 1. The average Bonchev–Trinajstić information content (AvgIpc) is 2.29. The van der Waals surface area contributed by atoms with Crippen molar-refractivity contribution in [2.75, 3.05) is 19.8 Å². The van der Waals surface area contributed by atoms with Gasteiger partial charge in [-0.2, -0.15) is 0 Å². The highest BCUT2D eigenvalue weighted by Crippen LogP contribution is 2.20. The standard InChI is InChI=1S/C13H26N2O2.ClH/c1-10(2)13(3,9-14)15-12(16)8-11-4-6-17-7-5-11;/h10-11H,4-9,14H2,1-3H3,(H,15,16);1H. The SMILES string of the molecule is CC(C)C(C)(CN)NC(=O)CC1CCOCC1.Cl. The molecule has 1 heterocycles. The Morgan fingerprint density at radius 3 is 2.44 bits per heavy atom. The summed E-state index contributed by atoms with van der Waals surface area (Å²) in [5.41, 5.74) is 5.47. The summed E-state index contributed by atoms with van der Waals surface area (Å²) in [6.07, 6.45) is 2.59. The molecule has 0 spiro atoms. The van der Waals surface area contributed by atoms with Gasteiger partial charge in [-0.3, -0.25) is 4.79 Å². The van der Waals surface area contributed by atoms with E-state index < -0.39 is 0 Å². The van der Waals surface area contributed by atoms with Crippen molar-refractivity contribution in [3.8, 4) is 0 Å². The summed E-state index contributed by atoms with van der Waals surface area (Å²) in [6.45, 7) is 8.24. The molecule has 0 bridgehead atoms. The van der Waals surface area contributed by atoms with Gasteiger partial charge in [0.2, 0.25) is 5.91 Å². The molecular formula is C13H27ClN2O2. The second-order valence-corrected chi connectivity index (χ2v) is 5.58. The van der Waals surface area contributed by atoms with Crippen molar-refractivity contribution in [1.82, 2.24) is 5.32 Å². The van der Waals surface area contributed by atoms with Crippen LogP contribution >= 0.6 is 12.4 Å². The van der Waals surface area contributed by atoms with Crippen molar-refractivity contribution in [1.29, 1.82) is 0 Å². The third-order valence-electron chi connectivity index (χ3n) is 3.94. The number of nitrogens with one attached hydrogen (secondary N) is 1. The number of hydrogen-bond donors (Lipinski definition) is 2. The van der Waals surface area contributed by atoms with Crippen molar-refractivity contribution in [2.24, 2.45) is 17.6 Å². The van der Waals surface area contributed by atoms with E-state index in [1.807, 2.05) is 6.92 Å². The summed E-state index contributed by atoms with van der Waals surface area (Å²) < 4.78 is 5.29. The van der Waals surface area contributed by atoms with E-state index in [0.717, 1.165) is 26.1 Å². The first-order chi connectivity index (χ1) is 7.98. The number of ether oxygens (including phenoxy) is 1. The lowest BCUT2D eigenvalue weighted by Crippen LogP contribution is -2.55. The molecule has 3 N–H and O–H groups in total. The van der Waals surface area contributed by atoms with Gasteiger partial charge in [0.15, 0.2) is 0 Å². The molecule has 5 heteroatoms. The lowest BCUT2D eigenvalue weighted by molar-refractivity contribution is -0.124. The van der Waals surface area contributed by atoms with Crippen molar-refractivity contribution >= 4 is 18.3 Å². The second kappa shape index (κ2) is 7.97. The topological polar surface area (TPSA) is 64.3 Å². The van der Waals surface area contributed by atoms with Gasteiger partial charge in [0.1, 0.15) is 0 Å².